The van der Waals surface area contributed by atoms with Gasteiger partial charge in [-0.2, -0.15) is 13.2 Å². The number of benzene rings is 1. The molecule has 4 N–H and O–H groups in total. The molecule has 12 nitrogen and oxygen atoms in total. The number of anilines is 1. The monoisotopic (exact) mass is 598 g/mol. The zero-order valence-electron chi connectivity index (χ0n) is 23.6. The van der Waals surface area contributed by atoms with Gasteiger partial charge in [-0.05, 0) is 83.0 Å². The number of carbonyl (C=O) groups excluding carboxylic acids is 3. The van der Waals surface area contributed by atoms with E-state index in [-0.39, 0.29) is 5.91 Å². The van der Waals surface area contributed by atoms with Crippen LogP contribution in [0.5, 0.6) is 5.75 Å². The van der Waals surface area contributed by atoms with Crippen molar-refractivity contribution in [3.8, 4) is 5.75 Å². The van der Waals surface area contributed by atoms with E-state index in [4.69, 9.17) is 24.6 Å². The number of amides is 3. The number of carboxylic acids is 1. The fraction of sp³-hybridized carbons (Fsp3) is 0.444. The highest BCUT2D eigenvalue weighted by atomic mass is 19.4. The molecule has 3 rings (SSSR count). The average Bonchev–Trinajstić information content (AvgIpc) is 3.25. The maximum atomic E-state index is 13.1. The number of nitrogens with zero attached hydrogens (tertiary/aromatic N) is 2. The summed E-state index contributed by atoms with van der Waals surface area (Å²) in [4.78, 5) is 52.4. The Bertz CT molecular complexity index is 1260. The van der Waals surface area contributed by atoms with E-state index >= 15 is 0 Å². The van der Waals surface area contributed by atoms with Gasteiger partial charge >= 0.3 is 18.2 Å². The van der Waals surface area contributed by atoms with E-state index in [0.29, 0.717) is 31.0 Å². The number of rotatable bonds is 7. The van der Waals surface area contributed by atoms with Crippen LogP contribution in [0, 0.1) is 19.8 Å². The number of carbonyl (C=O) groups is 4. The first-order chi connectivity index (χ1) is 19.4. The van der Waals surface area contributed by atoms with Crippen LogP contribution in [0.2, 0.25) is 0 Å². The zero-order valence-corrected chi connectivity index (χ0v) is 23.6. The standard InChI is InChI=1S/C25H32N4O6.C2HF3O2/c1-15-12-17(13-16(2)26-15)14-34-19-8-6-18(7-9-19)29-11-10-20(23(29)31)21(22(30)28-33)27-24(32)35-25(3,4)5;3-2(4,5)1(6)7/h6-9,12-13,20-21,33H,10-11,14H2,1-5H3,(H,27,32)(H,28,30);(H,6,7)/t20-,21+;/m1./s1. The smallest absolute Gasteiger partial charge is 0.489 e. The molecule has 0 spiro atoms. The first kappa shape index (κ1) is 33.8. The largest absolute Gasteiger partial charge is 0.490 e. The van der Waals surface area contributed by atoms with Gasteiger partial charge in [0.1, 0.15) is 24.0 Å². The topological polar surface area (TPSA) is 167 Å². The van der Waals surface area contributed by atoms with Gasteiger partial charge in [-0.25, -0.2) is 15.1 Å². The SMILES string of the molecule is Cc1cc(COc2ccc(N3CC[C@H]([C@H](NC(=O)OC(C)(C)C)C(=O)NO)C3=O)cc2)cc(C)n1.O=C(O)C(F)(F)F. The number of ether oxygens (including phenoxy) is 2. The molecule has 1 aromatic heterocycles. The van der Waals surface area contributed by atoms with Crippen molar-refractivity contribution in [2.45, 2.75) is 65.5 Å². The number of aliphatic carboxylic acids is 1. The molecule has 1 saturated heterocycles. The normalized spacial score (nSPS) is 15.7. The van der Waals surface area contributed by atoms with E-state index in [1.54, 1.807) is 49.9 Å². The second-order valence-electron chi connectivity index (χ2n) is 10.3. The lowest BCUT2D eigenvalue weighted by molar-refractivity contribution is -0.192. The lowest BCUT2D eigenvalue weighted by atomic mass is 9.97. The molecule has 0 saturated carbocycles. The Morgan fingerprint density at radius 1 is 1.10 bits per heavy atom. The van der Waals surface area contributed by atoms with Gasteiger partial charge < -0.3 is 24.8 Å². The summed E-state index contributed by atoms with van der Waals surface area (Å²) in [7, 11) is 0. The van der Waals surface area contributed by atoms with E-state index in [9.17, 15) is 27.6 Å². The molecule has 230 valence electrons. The van der Waals surface area contributed by atoms with E-state index in [0.717, 1.165) is 17.0 Å². The van der Waals surface area contributed by atoms with Crippen LogP contribution >= 0.6 is 0 Å². The van der Waals surface area contributed by atoms with Gasteiger partial charge in [0.15, 0.2) is 0 Å². The molecule has 0 radical (unpaired) electrons. The molecule has 2 heterocycles. The molecular weight excluding hydrogens is 565 g/mol. The minimum absolute atomic E-state index is 0.311. The van der Waals surface area contributed by atoms with Crippen molar-refractivity contribution >= 4 is 29.6 Å². The highest BCUT2D eigenvalue weighted by Gasteiger charge is 2.42. The third kappa shape index (κ3) is 10.2. The number of alkyl halides is 3. The van der Waals surface area contributed by atoms with E-state index in [1.165, 1.54) is 5.48 Å². The number of alkyl carbamates (subject to hydrolysis) is 1. The third-order valence-electron chi connectivity index (χ3n) is 5.65. The summed E-state index contributed by atoms with van der Waals surface area (Å²) in [6.07, 6.45) is -5.62. The molecule has 0 unspecified atom stereocenters. The molecule has 3 amide bonds. The Kier molecular flexibility index (Phi) is 11.3. The molecule has 15 heteroatoms. The molecule has 42 heavy (non-hydrogen) atoms. The second-order valence-corrected chi connectivity index (χ2v) is 10.3. The Balaban J connectivity index is 0.000000782. The number of carboxylic acid groups (broad SMARTS) is 1. The zero-order chi connectivity index (χ0) is 31.8. The Morgan fingerprint density at radius 2 is 1.64 bits per heavy atom. The van der Waals surface area contributed by atoms with Gasteiger partial charge in [0.25, 0.3) is 5.91 Å². The number of halogens is 3. The van der Waals surface area contributed by atoms with Crippen LogP contribution in [0.4, 0.5) is 23.7 Å². The van der Waals surface area contributed by atoms with Gasteiger partial charge in [-0.3, -0.25) is 19.8 Å². The molecule has 1 fully saturated rings. The van der Waals surface area contributed by atoms with Crippen molar-refractivity contribution in [3.05, 3.63) is 53.3 Å². The molecule has 1 aliphatic rings. The summed E-state index contributed by atoms with van der Waals surface area (Å²) in [5, 5.41) is 18.7. The van der Waals surface area contributed by atoms with Crippen LogP contribution in [-0.4, -0.2) is 63.5 Å². The molecule has 2 aromatic rings. The Labute approximate surface area is 239 Å². The van der Waals surface area contributed by atoms with Crippen molar-refractivity contribution < 1.29 is 52.1 Å². The predicted octanol–water partition coefficient (Wildman–Crippen LogP) is 3.66. The minimum atomic E-state index is -5.08. The van der Waals surface area contributed by atoms with E-state index in [1.807, 2.05) is 26.0 Å². The van der Waals surface area contributed by atoms with Crippen LogP contribution < -0.4 is 20.4 Å². The fourth-order valence-corrected chi connectivity index (χ4v) is 4.01. The Hall–Kier alpha value is -4.40. The number of aryl methyl sites for hydroxylation is 2. The number of aromatic nitrogens is 1. The summed E-state index contributed by atoms with van der Waals surface area (Å²) < 4.78 is 42.8. The summed E-state index contributed by atoms with van der Waals surface area (Å²) in [5.74, 6) is -4.20. The molecular formula is C27H33F3N4O8. The quantitative estimate of drug-likeness (QED) is 0.275. The second kappa shape index (κ2) is 14.0. The van der Waals surface area contributed by atoms with Gasteiger partial charge in [0, 0.05) is 23.6 Å². The lowest BCUT2D eigenvalue weighted by Crippen LogP contribution is -2.53. The minimum Gasteiger partial charge on any atom is -0.489 e. The van der Waals surface area contributed by atoms with Gasteiger partial charge in [0.2, 0.25) is 5.91 Å². The van der Waals surface area contributed by atoms with Gasteiger partial charge in [0.05, 0.1) is 5.92 Å². The summed E-state index contributed by atoms with van der Waals surface area (Å²) >= 11 is 0. The number of hydrogen-bond donors (Lipinski definition) is 4. The maximum Gasteiger partial charge on any atom is 0.490 e. The highest BCUT2D eigenvalue weighted by Crippen LogP contribution is 2.29. The molecule has 1 aromatic carbocycles. The van der Waals surface area contributed by atoms with Crippen LogP contribution in [0.1, 0.15) is 44.1 Å². The highest BCUT2D eigenvalue weighted by molar-refractivity contribution is 6.01. The first-order valence-electron chi connectivity index (χ1n) is 12.6. The van der Waals surface area contributed by atoms with Gasteiger partial charge in [-0.1, -0.05) is 0 Å². The number of nitrogens with one attached hydrogen (secondary N) is 2. The van der Waals surface area contributed by atoms with Crippen molar-refractivity contribution in [1.82, 2.24) is 15.8 Å². The number of pyridine rings is 1. The molecule has 2 atom stereocenters. The van der Waals surface area contributed by atoms with Crippen molar-refractivity contribution in [3.63, 3.8) is 0 Å². The van der Waals surface area contributed by atoms with E-state index < -0.39 is 41.7 Å². The van der Waals surface area contributed by atoms with Crippen LogP contribution in [0.15, 0.2) is 36.4 Å². The van der Waals surface area contributed by atoms with Crippen molar-refractivity contribution in [1.29, 1.82) is 0 Å². The van der Waals surface area contributed by atoms with Crippen molar-refractivity contribution in [2.24, 2.45) is 5.92 Å². The number of hydrogen-bond acceptors (Lipinski definition) is 8. The molecule has 0 aliphatic carbocycles. The molecule has 1 aliphatic heterocycles. The number of hydroxylamine groups is 1. The van der Waals surface area contributed by atoms with Crippen molar-refractivity contribution in [2.75, 3.05) is 11.4 Å². The summed E-state index contributed by atoms with van der Waals surface area (Å²) in [6, 6.07) is 9.73. The fourth-order valence-electron chi connectivity index (χ4n) is 4.01. The Morgan fingerprint density at radius 3 is 2.12 bits per heavy atom. The summed E-state index contributed by atoms with van der Waals surface area (Å²) in [6.45, 7) is 9.66. The van der Waals surface area contributed by atoms with Gasteiger partial charge in [-0.15, -0.1) is 0 Å². The summed E-state index contributed by atoms with van der Waals surface area (Å²) in [5.41, 5.74) is 4.25. The maximum absolute atomic E-state index is 13.1. The van der Waals surface area contributed by atoms with Crippen LogP contribution in [0.3, 0.4) is 0 Å². The predicted molar refractivity (Wildman–Crippen MR) is 142 cm³/mol. The first-order valence-corrected chi connectivity index (χ1v) is 12.6. The third-order valence-corrected chi connectivity index (χ3v) is 5.65. The van der Waals surface area contributed by atoms with E-state index in [2.05, 4.69) is 10.3 Å². The molecule has 0 bridgehead atoms. The average molecular weight is 599 g/mol. The van der Waals surface area contributed by atoms with Crippen LogP contribution in [0.25, 0.3) is 0 Å². The van der Waals surface area contributed by atoms with Crippen LogP contribution in [-0.2, 0) is 25.7 Å². The lowest BCUT2D eigenvalue weighted by Gasteiger charge is -2.25.